The highest BCUT2D eigenvalue weighted by Crippen LogP contribution is 2.14. The van der Waals surface area contributed by atoms with Gasteiger partial charge in [-0.1, -0.05) is 44.9 Å². The molecule has 1 unspecified atom stereocenters. The Morgan fingerprint density at radius 1 is 1.10 bits per heavy atom. The largest absolute Gasteiger partial charge is 0.443 e. The van der Waals surface area contributed by atoms with E-state index in [0.29, 0.717) is 5.56 Å². The molecule has 1 rings (SSSR count). The minimum Gasteiger partial charge on any atom is -0.443 e. The lowest BCUT2D eigenvalue weighted by Crippen LogP contribution is -2.33. The molecule has 0 radical (unpaired) electrons. The molecule has 0 aliphatic rings. The summed E-state index contributed by atoms with van der Waals surface area (Å²) in [6.07, 6.45) is 4.24. The van der Waals surface area contributed by atoms with Crippen LogP contribution in [0.15, 0.2) is 30.3 Å². The van der Waals surface area contributed by atoms with E-state index in [1.807, 2.05) is 37.2 Å². The Morgan fingerprint density at radius 2 is 1.70 bits per heavy atom. The second kappa shape index (κ2) is 8.75. The average Bonchev–Trinajstić information content (AvgIpc) is 2.42. The Bertz CT molecular complexity index is 387. The predicted octanol–water partition coefficient (Wildman–Crippen LogP) is 3.95. The first kappa shape index (κ1) is 16.7. The van der Waals surface area contributed by atoms with Crippen molar-refractivity contribution in [1.82, 2.24) is 4.90 Å². The molecular weight excluding hydrogens is 250 g/mol. The Hall–Kier alpha value is -1.35. The highest BCUT2D eigenvalue weighted by atomic mass is 16.6. The smallest absolute Gasteiger partial charge is 0.339 e. The van der Waals surface area contributed by atoms with E-state index < -0.39 is 0 Å². The van der Waals surface area contributed by atoms with E-state index in [2.05, 4.69) is 13.8 Å². The maximum atomic E-state index is 12.1. The standard InChI is InChI=1S/C17H27NO2/c1-14(2)10-8-9-13-16(18(3)4)20-17(19)15-11-6-5-7-12-15/h5-7,11-12,14,16H,8-10,13H2,1-4H3. The summed E-state index contributed by atoms with van der Waals surface area (Å²) in [6.45, 7) is 4.47. The van der Waals surface area contributed by atoms with Crippen LogP contribution in [0.4, 0.5) is 0 Å². The zero-order valence-corrected chi connectivity index (χ0v) is 13.1. The van der Waals surface area contributed by atoms with Gasteiger partial charge in [-0.05, 0) is 45.0 Å². The van der Waals surface area contributed by atoms with Gasteiger partial charge in [-0.3, -0.25) is 4.90 Å². The summed E-state index contributed by atoms with van der Waals surface area (Å²) < 4.78 is 5.59. The Morgan fingerprint density at radius 3 is 2.25 bits per heavy atom. The fourth-order valence-electron chi connectivity index (χ4n) is 2.06. The van der Waals surface area contributed by atoms with Crippen molar-refractivity contribution in [1.29, 1.82) is 0 Å². The summed E-state index contributed by atoms with van der Waals surface area (Å²) in [5, 5.41) is 0. The highest BCUT2D eigenvalue weighted by Gasteiger charge is 2.17. The summed E-state index contributed by atoms with van der Waals surface area (Å²) >= 11 is 0. The number of rotatable bonds is 8. The lowest BCUT2D eigenvalue weighted by Gasteiger charge is -2.24. The fourth-order valence-corrected chi connectivity index (χ4v) is 2.06. The molecule has 0 aliphatic carbocycles. The van der Waals surface area contributed by atoms with Gasteiger partial charge < -0.3 is 4.74 Å². The maximum Gasteiger partial charge on any atom is 0.339 e. The molecule has 1 aromatic carbocycles. The van der Waals surface area contributed by atoms with Gasteiger partial charge in [0.15, 0.2) is 6.23 Å². The van der Waals surface area contributed by atoms with Crippen molar-refractivity contribution >= 4 is 5.97 Å². The van der Waals surface area contributed by atoms with Crippen LogP contribution in [-0.4, -0.2) is 31.2 Å². The van der Waals surface area contributed by atoms with Crippen LogP contribution in [0.25, 0.3) is 0 Å². The molecule has 0 amide bonds. The first-order valence-electron chi connectivity index (χ1n) is 7.43. The molecule has 0 N–H and O–H groups in total. The quantitative estimate of drug-likeness (QED) is 0.409. The van der Waals surface area contributed by atoms with Crippen molar-refractivity contribution < 1.29 is 9.53 Å². The van der Waals surface area contributed by atoms with Gasteiger partial charge in [0.2, 0.25) is 0 Å². The monoisotopic (exact) mass is 277 g/mol. The van der Waals surface area contributed by atoms with Crippen LogP contribution in [0, 0.1) is 5.92 Å². The molecule has 20 heavy (non-hydrogen) atoms. The molecule has 0 heterocycles. The molecular formula is C17H27NO2. The summed E-state index contributed by atoms with van der Waals surface area (Å²) in [5.41, 5.74) is 0.613. The number of hydrogen-bond donors (Lipinski definition) is 0. The topological polar surface area (TPSA) is 29.5 Å². The molecule has 0 saturated heterocycles. The first-order valence-corrected chi connectivity index (χ1v) is 7.43. The minimum atomic E-state index is -0.242. The van der Waals surface area contributed by atoms with E-state index >= 15 is 0 Å². The lowest BCUT2D eigenvalue weighted by molar-refractivity contribution is -0.0188. The number of nitrogens with zero attached hydrogens (tertiary/aromatic N) is 1. The number of hydrogen-bond acceptors (Lipinski definition) is 3. The number of ether oxygens (including phenoxy) is 1. The predicted molar refractivity (Wildman–Crippen MR) is 82.6 cm³/mol. The van der Waals surface area contributed by atoms with Crippen molar-refractivity contribution in [2.24, 2.45) is 5.92 Å². The van der Waals surface area contributed by atoms with E-state index in [4.69, 9.17) is 4.74 Å². The Labute approximate surface area is 122 Å². The number of unbranched alkanes of at least 4 members (excludes halogenated alkanes) is 1. The SMILES string of the molecule is CC(C)CCCCC(OC(=O)c1ccccc1)N(C)C. The molecule has 0 aromatic heterocycles. The molecule has 3 heteroatoms. The molecule has 0 bridgehead atoms. The number of benzene rings is 1. The molecule has 112 valence electrons. The van der Waals surface area contributed by atoms with Crippen molar-refractivity contribution in [3.8, 4) is 0 Å². The van der Waals surface area contributed by atoms with Crippen LogP contribution in [0.1, 0.15) is 49.9 Å². The Kier molecular flexibility index (Phi) is 7.31. The third kappa shape index (κ3) is 6.20. The maximum absolute atomic E-state index is 12.1. The fraction of sp³-hybridized carbons (Fsp3) is 0.588. The third-order valence-electron chi connectivity index (χ3n) is 3.31. The zero-order chi connectivity index (χ0) is 15.0. The van der Waals surface area contributed by atoms with Gasteiger partial charge in [0.1, 0.15) is 0 Å². The second-order valence-corrected chi connectivity index (χ2v) is 5.87. The normalized spacial score (nSPS) is 12.7. The molecule has 0 fully saturated rings. The van der Waals surface area contributed by atoms with Gasteiger partial charge in [0, 0.05) is 0 Å². The van der Waals surface area contributed by atoms with Gasteiger partial charge in [-0.25, -0.2) is 4.79 Å². The molecule has 1 atom stereocenters. The van der Waals surface area contributed by atoms with Gasteiger partial charge >= 0.3 is 5.97 Å². The van der Waals surface area contributed by atoms with Gasteiger partial charge in [0.25, 0.3) is 0 Å². The average molecular weight is 277 g/mol. The van der Waals surface area contributed by atoms with Gasteiger partial charge in [-0.15, -0.1) is 0 Å². The van der Waals surface area contributed by atoms with Crippen LogP contribution >= 0.6 is 0 Å². The molecule has 3 nitrogen and oxygen atoms in total. The number of esters is 1. The van der Waals surface area contributed by atoms with Crippen molar-refractivity contribution in [2.75, 3.05) is 14.1 Å². The minimum absolute atomic E-state index is 0.144. The molecule has 0 spiro atoms. The lowest BCUT2D eigenvalue weighted by atomic mass is 10.0. The van der Waals surface area contributed by atoms with E-state index in [1.165, 1.54) is 12.8 Å². The first-order chi connectivity index (χ1) is 9.50. The highest BCUT2D eigenvalue weighted by molar-refractivity contribution is 5.89. The Balaban J connectivity index is 2.44. The zero-order valence-electron chi connectivity index (χ0n) is 13.1. The van der Waals surface area contributed by atoms with Crippen LogP contribution in [-0.2, 0) is 4.74 Å². The van der Waals surface area contributed by atoms with E-state index in [9.17, 15) is 4.79 Å². The van der Waals surface area contributed by atoms with Crippen molar-refractivity contribution in [3.05, 3.63) is 35.9 Å². The third-order valence-corrected chi connectivity index (χ3v) is 3.31. The molecule has 0 aliphatic heterocycles. The van der Waals surface area contributed by atoms with Crippen LogP contribution in [0.2, 0.25) is 0 Å². The molecule has 1 aromatic rings. The van der Waals surface area contributed by atoms with Crippen LogP contribution in [0.3, 0.4) is 0 Å². The van der Waals surface area contributed by atoms with Crippen molar-refractivity contribution in [2.45, 2.75) is 45.8 Å². The van der Waals surface area contributed by atoms with Crippen LogP contribution in [0.5, 0.6) is 0 Å². The second-order valence-electron chi connectivity index (χ2n) is 5.87. The summed E-state index contributed by atoms with van der Waals surface area (Å²) in [6, 6.07) is 9.17. The number of carbonyl (C=O) groups excluding carboxylic acids is 1. The van der Waals surface area contributed by atoms with Gasteiger partial charge in [-0.2, -0.15) is 0 Å². The van der Waals surface area contributed by atoms with Crippen LogP contribution < -0.4 is 0 Å². The van der Waals surface area contributed by atoms with Crippen molar-refractivity contribution in [3.63, 3.8) is 0 Å². The van der Waals surface area contributed by atoms with E-state index in [0.717, 1.165) is 18.8 Å². The molecule has 0 saturated carbocycles. The summed E-state index contributed by atoms with van der Waals surface area (Å²) in [5.74, 6) is 0.493. The summed E-state index contributed by atoms with van der Waals surface area (Å²) in [4.78, 5) is 14.0. The number of carbonyl (C=O) groups is 1. The van der Waals surface area contributed by atoms with E-state index in [-0.39, 0.29) is 12.2 Å². The van der Waals surface area contributed by atoms with Gasteiger partial charge in [0.05, 0.1) is 5.56 Å². The van der Waals surface area contributed by atoms with E-state index in [1.54, 1.807) is 12.1 Å². The summed E-state index contributed by atoms with van der Waals surface area (Å²) in [7, 11) is 3.90.